The third-order valence-corrected chi connectivity index (χ3v) is 3.73. The van der Waals surface area contributed by atoms with Crippen molar-refractivity contribution >= 4 is 22.4 Å². The number of esters is 1. The van der Waals surface area contributed by atoms with Gasteiger partial charge in [0.25, 0.3) is 0 Å². The Hall–Kier alpha value is -1.14. The lowest BCUT2D eigenvalue weighted by Crippen LogP contribution is -2.45. The summed E-state index contributed by atoms with van der Waals surface area (Å²) in [5.74, 6) is -0.254. The Morgan fingerprint density at radius 2 is 2.22 bits per heavy atom. The smallest absolute Gasteiger partial charge is 0.311 e. The first-order valence-corrected chi connectivity index (χ1v) is 6.88. The fourth-order valence-corrected chi connectivity index (χ4v) is 2.92. The lowest BCUT2D eigenvalue weighted by atomic mass is 10.2. The van der Waals surface area contributed by atoms with Crippen molar-refractivity contribution in [3.8, 4) is 0 Å². The van der Waals surface area contributed by atoms with Crippen LogP contribution >= 0.6 is 11.3 Å². The number of ether oxygens (including phenoxy) is 2. The van der Waals surface area contributed by atoms with Crippen LogP contribution in [0.15, 0.2) is 5.38 Å². The van der Waals surface area contributed by atoms with Crippen molar-refractivity contribution in [3.63, 3.8) is 0 Å². The Morgan fingerprint density at radius 3 is 2.83 bits per heavy atom. The molecular weight excluding hydrogens is 252 g/mol. The first kappa shape index (κ1) is 13.3. The van der Waals surface area contributed by atoms with Crippen LogP contribution in [0.25, 0.3) is 0 Å². The number of morpholine rings is 1. The van der Waals surface area contributed by atoms with Gasteiger partial charge in [-0.2, -0.15) is 0 Å². The number of aromatic nitrogens is 1. The fourth-order valence-electron chi connectivity index (χ4n) is 2.08. The van der Waals surface area contributed by atoms with Crippen LogP contribution in [0.4, 0.5) is 5.13 Å². The average Bonchev–Trinajstić information content (AvgIpc) is 2.76. The SMILES string of the molecule is COC(=O)Cc1csc(N2CC(C)OC(C)C2)n1. The van der Waals surface area contributed by atoms with E-state index in [-0.39, 0.29) is 24.6 Å². The summed E-state index contributed by atoms with van der Waals surface area (Å²) in [5, 5.41) is 2.87. The zero-order valence-electron chi connectivity index (χ0n) is 10.9. The van der Waals surface area contributed by atoms with E-state index in [0.717, 1.165) is 23.9 Å². The van der Waals surface area contributed by atoms with Gasteiger partial charge in [-0.05, 0) is 13.8 Å². The molecule has 18 heavy (non-hydrogen) atoms. The van der Waals surface area contributed by atoms with Crippen molar-refractivity contribution in [2.75, 3.05) is 25.1 Å². The lowest BCUT2D eigenvalue weighted by Gasteiger charge is -2.35. The van der Waals surface area contributed by atoms with Crippen molar-refractivity contribution in [3.05, 3.63) is 11.1 Å². The summed E-state index contributed by atoms with van der Waals surface area (Å²) in [7, 11) is 1.39. The molecule has 1 aromatic heterocycles. The number of carbonyl (C=O) groups is 1. The Labute approximate surface area is 111 Å². The first-order valence-electron chi connectivity index (χ1n) is 6.00. The summed E-state index contributed by atoms with van der Waals surface area (Å²) < 4.78 is 10.3. The van der Waals surface area contributed by atoms with E-state index in [4.69, 9.17) is 4.74 Å². The number of hydrogen-bond donors (Lipinski definition) is 0. The van der Waals surface area contributed by atoms with E-state index >= 15 is 0 Å². The number of hydrogen-bond acceptors (Lipinski definition) is 6. The second-order valence-electron chi connectivity index (χ2n) is 4.54. The summed E-state index contributed by atoms with van der Waals surface area (Å²) in [6.07, 6.45) is 0.658. The van der Waals surface area contributed by atoms with Crippen LogP contribution in [0.1, 0.15) is 19.5 Å². The van der Waals surface area contributed by atoms with E-state index in [2.05, 4.69) is 28.5 Å². The second-order valence-corrected chi connectivity index (χ2v) is 5.37. The van der Waals surface area contributed by atoms with Gasteiger partial charge >= 0.3 is 5.97 Å². The minimum absolute atomic E-state index is 0.210. The van der Waals surface area contributed by atoms with E-state index in [0.29, 0.717) is 0 Å². The van der Waals surface area contributed by atoms with Gasteiger partial charge in [-0.25, -0.2) is 4.98 Å². The summed E-state index contributed by atoms with van der Waals surface area (Å²) >= 11 is 1.56. The zero-order valence-corrected chi connectivity index (χ0v) is 11.7. The predicted octanol–water partition coefficient (Wildman–Crippen LogP) is 1.47. The Balaban J connectivity index is 2.02. The van der Waals surface area contributed by atoms with Gasteiger partial charge in [-0.1, -0.05) is 0 Å². The van der Waals surface area contributed by atoms with Crippen LogP contribution in [0, 0.1) is 0 Å². The summed E-state index contributed by atoms with van der Waals surface area (Å²) in [4.78, 5) is 17.9. The van der Waals surface area contributed by atoms with Gasteiger partial charge in [0.2, 0.25) is 0 Å². The third kappa shape index (κ3) is 3.20. The standard InChI is InChI=1S/C12H18N2O3S/c1-8-5-14(6-9(2)17-8)12-13-10(7-18-12)4-11(15)16-3/h7-9H,4-6H2,1-3H3. The molecule has 1 aliphatic rings. The van der Waals surface area contributed by atoms with E-state index in [1.165, 1.54) is 7.11 Å². The molecule has 0 radical (unpaired) electrons. The highest BCUT2D eigenvalue weighted by molar-refractivity contribution is 7.13. The minimum atomic E-state index is -0.254. The van der Waals surface area contributed by atoms with Crippen LogP contribution in [0.2, 0.25) is 0 Å². The molecule has 0 spiro atoms. The second kappa shape index (κ2) is 5.67. The van der Waals surface area contributed by atoms with Gasteiger partial charge in [0.15, 0.2) is 5.13 Å². The summed E-state index contributed by atoms with van der Waals surface area (Å²) in [5.41, 5.74) is 0.772. The molecule has 0 amide bonds. The molecule has 5 nitrogen and oxygen atoms in total. The maximum absolute atomic E-state index is 11.2. The largest absolute Gasteiger partial charge is 0.469 e. The van der Waals surface area contributed by atoms with Crippen LogP contribution in [0.3, 0.4) is 0 Å². The molecule has 1 aliphatic heterocycles. The van der Waals surface area contributed by atoms with Crippen LogP contribution in [-0.4, -0.2) is 43.4 Å². The Bertz CT molecular complexity index is 411. The lowest BCUT2D eigenvalue weighted by molar-refractivity contribution is -0.139. The Morgan fingerprint density at radius 1 is 1.56 bits per heavy atom. The van der Waals surface area contributed by atoms with Gasteiger partial charge in [0, 0.05) is 18.5 Å². The maximum atomic E-state index is 11.2. The van der Waals surface area contributed by atoms with E-state index in [1.807, 2.05) is 5.38 Å². The van der Waals surface area contributed by atoms with Gasteiger partial charge < -0.3 is 14.4 Å². The van der Waals surface area contributed by atoms with Crippen molar-refractivity contribution in [2.45, 2.75) is 32.5 Å². The normalized spacial score (nSPS) is 24.1. The quantitative estimate of drug-likeness (QED) is 0.779. The molecule has 0 aromatic carbocycles. The highest BCUT2D eigenvalue weighted by atomic mass is 32.1. The minimum Gasteiger partial charge on any atom is -0.469 e. The van der Waals surface area contributed by atoms with E-state index < -0.39 is 0 Å². The first-order chi connectivity index (χ1) is 8.58. The number of anilines is 1. The third-order valence-electron chi connectivity index (χ3n) is 2.78. The molecule has 2 heterocycles. The average molecular weight is 270 g/mol. The van der Waals surface area contributed by atoms with Crippen molar-refractivity contribution in [2.24, 2.45) is 0 Å². The van der Waals surface area contributed by atoms with Gasteiger partial charge in [-0.3, -0.25) is 4.79 Å². The number of rotatable bonds is 3. The molecule has 0 saturated carbocycles. The van der Waals surface area contributed by atoms with Crippen LogP contribution in [0.5, 0.6) is 0 Å². The van der Waals surface area contributed by atoms with Crippen LogP contribution < -0.4 is 4.90 Å². The molecule has 1 aromatic rings. The molecule has 0 N–H and O–H groups in total. The molecule has 1 fully saturated rings. The van der Waals surface area contributed by atoms with Crippen molar-refractivity contribution < 1.29 is 14.3 Å². The van der Waals surface area contributed by atoms with E-state index in [1.54, 1.807) is 11.3 Å². The van der Waals surface area contributed by atoms with Crippen molar-refractivity contribution in [1.29, 1.82) is 0 Å². The predicted molar refractivity (Wildman–Crippen MR) is 70.1 cm³/mol. The molecule has 1 saturated heterocycles. The van der Waals surface area contributed by atoms with Gasteiger partial charge in [-0.15, -0.1) is 11.3 Å². The molecule has 100 valence electrons. The summed E-state index contributed by atoms with van der Waals surface area (Å²) in [6, 6.07) is 0. The maximum Gasteiger partial charge on any atom is 0.311 e. The molecular formula is C12H18N2O3S. The monoisotopic (exact) mass is 270 g/mol. The molecule has 6 heteroatoms. The molecule has 0 bridgehead atoms. The van der Waals surface area contributed by atoms with Gasteiger partial charge in [0.1, 0.15) is 0 Å². The molecule has 0 aliphatic carbocycles. The highest BCUT2D eigenvalue weighted by Gasteiger charge is 2.24. The molecule has 2 unspecified atom stereocenters. The molecule has 2 atom stereocenters. The molecule has 2 rings (SSSR count). The van der Waals surface area contributed by atoms with Gasteiger partial charge in [0.05, 0.1) is 31.4 Å². The number of nitrogens with zero attached hydrogens (tertiary/aromatic N) is 2. The van der Waals surface area contributed by atoms with Crippen molar-refractivity contribution in [1.82, 2.24) is 4.98 Å². The zero-order chi connectivity index (χ0) is 13.1. The number of methoxy groups -OCH3 is 1. The van der Waals surface area contributed by atoms with E-state index in [9.17, 15) is 4.79 Å². The summed E-state index contributed by atoms with van der Waals surface area (Å²) in [6.45, 7) is 5.81. The fraction of sp³-hybridized carbons (Fsp3) is 0.667. The number of thiazole rings is 1. The van der Waals surface area contributed by atoms with Crippen LogP contribution in [-0.2, 0) is 20.7 Å². The number of carbonyl (C=O) groups excluding carboxylic acids is 1. The Kier molecular flexibility index (Phi) is 4.19. The topological polar surface area (TPSA) is 51.7 Å². The highest BCUT2D eigenvalue weighted by Crippen LogP contribution is 2.24.